The Bertz CT molecular complexity index is 699. The fraction of sp³-hybridized carbons (Fsp3) is 0.600. The summed E-state index contributed by atoms with van der Waals surface area (Å²) in [5.41, 5.74) is -0.459. The number of likely N-dealkylation sites (tertiary alicyclic amines) is 1. The zero-order valence-corrected chi connectivity index (χ0v) is 16.0. The highest BCUT2D eigenvalue weighted by Gasteiger charge is 2.44. The van der Waals surface area contributed by atoms with Crippen molar-refractivity contribution in [3.05, 3.63) is 23.8 Å². The summed E-state index contributed by atoms with van der Waals surface area (Å²) >= 11 is 0. The summed E-state index contributed by atoms with van der Waals surface area (Å²) in [5, 5.41) is 0. The lowest BCUT2D eigenvalue weighted by Crippen LogP contribution is -2.52. The molecule has 1 fully saturated rings. The molecule has 1 aromatic rings. The van der Waals surface area contributed by atoms with Crippen molar-refractivity contribution in [2.24, 2.45) is 0 Å². The van der Waals surface area contributed by atoms with Gasteiger partial charge in [-0.25, -0.2) is 4.79 Å². The number of hydrogen-bond acceptors (Lipinski definition) is 5. The molecule has 26 heavy (non-hydrogen) atoms. The van der Waals surface area contributed by atoms with E-state index in [1.807, 2.05) is 27.7 Å². The van der Waals surface area contributed by atoms with Crippen molar-refractivity contribution >= 4 is 11.9 Å². The van der Waals surface area contributed by atoms with Crippen molar-refractivity contribution in [3.8, 4) is 11.5 Å². The van der Waals surface area contributed by atoms with E-state index in [1.54, 1.807) is 23.1 Å². The molecule has 0 radical (unpaired) electrons. The van der Waals surface area contributed by atoms with Gasteiger partial charge in [0.25, 0.3) is 0 Å². The van der Waals surface area contributed by atoms with Crippen molar-refractivity contribution in [1.82, 2.24) is 4.90 Å². The lowest BCUT2D eigenvalue weighted by atomic mass is 9.82. The molecule has 6 heteroatoms. The van der Waals surface area contributed by atoms with E-state index in [-0.39, 0.29) is 11.9 Å². The van der Waals surface area contributed by atoms with Crippen molar-refractivity contribution in [1.29, 1.82) is 0 Å². The van der Waals surface area contributed by atoms with Gasteiger partial charge >= 0.3 is 6.09 Å². The van der Waals surface area contributed by atoms with Gasteiger partial charge in [0.1, 0.15) is 22.7 Å². The Labute approximate surface area is 154 Å². The Morgan fingerprint density at radius 2 is 1.96 bits per heavy atom. The molecule has 0 aromatic heterocycles. The third kappa shape index (κ3) is 3.94. The predicted octanol–water partition coefficient (Wildman–Crippen LogP) is 3.82. The minimum absolute atomic E-state index is 0.0833. The van der Waals surface area contributed by atoms with Crippen LogP contribution < -0.4 is 9.47 Å². The summed E-state index contributed by atoms with van der Waals surface area (Å²) < 4.78 is 17.2. The number of carbonyl (C=O) groups is 2. The molecule has 142 valence electrons. The van der Waals surface area contributed by atoms with Crippen LogP contribution in [0.25, 0.3) is 0 Å². The van der Waals surface area contributed by atoms with Gasteiger partial charge < -0.3 is 19.1 Å². The number of piperidine rings is 1. The lowest BCUT2D eigenvalue weighted by Gasteiger charge is -2.44. The van der Waals surface area contributed by atoms with Gasteiger partial charge in [-0.15, -0.1) is 0 Å². The van der Waals surface area contributed by atoms with Crippen LogP contribution in [0.2, 0.25) is 0 Å². The monoisotopic (exact) mass is 361 g/mol. The van der Waals surface area contributed by atoms with Crippen molar-refractivity contribution in [2.45, 2.75) is 58.2 Å². The summed E-state index contributed by atoms with van der Waals surface area (Å²) in [5.74, 6) is 1.36. The number of ether oxygens (including phenoxy) is 3. The van der Waals surface area contributed by atoms with Gasteiger partial charge in [-0.1, -0.05) is 0 Å². The van der Waals surface area contributed by atoms with E-state index < -0.39 is 11.2 Å². The molecule has 3 rings (SSSR count). The largest absolute Gasteiger partial charge is 0.494 e. The molecule has 1 spiro atoms. The van der Waals surface area contributed by atoms with Gasteiger partial charge in [0.15, 0.2) is 5.78 Å². The molecule has 0 saturated carbocycles. The highest BCUT2D eigenvalue weighted by Crippen LogP contribution is 2.41. The van der Waals surface area contributed by atoms with Crippen LogP contribution in [0, 0.1) is 0 Å². The number of Topliss-reactive ketones (excluding diaryl/α,β-unsaturated/α-hetero) is 1. The molecule has 0 unspecified atom stereocenters. The first-order valence-electron chi connectivity index (χ1n) is 9.18. The maximum atomic E-state index is 12.6. The summed E-state index contributed by atoms with van der Waals surface area (Å²) in [4.78, 5) is 26.5. The molecule has 1 amide bonds. The summed E-state index contributed by atoms with van der Waals surface area (Å²) in [6, 6.07) is 5.36. The molecule has 0 atom stereocenters. The Morgan fingerprint density at radius 1 is 1.27 bits per heavy atom. The fourth-order valence-electron chi connectivity index (χ4n) is 3.43. The highest BCUT2D eigenvalue weighted by molar-refractivity contribution is 6.00. The molecule has 6 nitrogen and oxygen atoms in total. The second-order valence-electron chi connectivity index (χ2n) is 7.94. The summed E-state index contributed by atoms with van der Waals surface area (Å²) in [6.07, 6.45) is 1.25. The number of fused-ring (bicyclic) bond motifs is 1. The second kappa shape index (κ2) is 6.82. The van der Waals surface area contributed by atoms with Gasteiger partial charge in [0.05, 0.1) is 18.6 Å². The first-order valence-corrected chi connectivity index (χ1v) is 9.18. The van der Waals surface area contributed by atoms with Crippen molar-refractivity contribution in [2.75, 3.05) is 19.7 Å². The topological polar surface area (TPSA) is 65.1 Å². The number of carbonyl (C=O) groups excluding carboxylic acids is 2. The quantitative estimate of drug-likeness (QED) is 0.801. The van der Waals surface area contributed by atoms with Crippen LogP contribution in [-0.2, 0) is 4.74 Å². The van der Waals surface area contributed by atoms with Crippen molar-refractivity contribution in [3.63, 3.8) is 0 Å². The molecule has 2 heterocycles. The molecule has 1 saturated heterocycles. The first-order chi connectivity index (χ1) is 12.2. The number of ketones is 1. The van der Waals surface area contributed by atoms with Crippen molar-refractivity contribution < 1.29 is 23.8 Å². The van der Waals surface area contributed by atoms with Crippen LogP contribution in [0.4, 0.5) is 4.79 Å². The van der Waals surface area contributed by atoms with Crippen LogP contribution in [0.1, 0.15) is 57.3 Å². The molecule has 2 aliphatic heterocycles. The molecule has 0 aliphatic carbocycles. The van der Waals surface area contributed by atoms with E-state index in [0.717, 1.165) is 0 Å². The molecule has 1 aromatic carbocycles. The Balaban J connectivity index is 1.70. The van der Waals surface area contributed by atoms with E-state index in [0.29, 0.717) is 56.0 Å². The zero-order valence-electron chi connectivity index (χ0n) is 16.0. The zero-order chi connectivity index (χ0) is 18.9. The summed E-state index contributed by atoms with van der Waals surface area (Å²) in [6.45, 7) is 9.07. The summed E-state index contributed by atoms with van der Waals surface area (Å²) in [7, 11) is 0. The third-order valence-electron chi connectivity index (χ3n) is 4.70. The smallest absolute Gasteiger partial charge is 0.410 e. The first kappa shape index (κ1) is 18.5. The normalized spacial score (nSPS) is 18.9. The highest BCUT2D eigenvalue weighted by atomic mass is 16.6. The minimum atomic E-state index is -0.548. The molecule has 0 N–H and O–H groups in total. The van der Waals surface area contributed by atoms with E-state index in [2.05, 4.69) is 0 Å². The maximum Gasteiger partial charge on any atom is 0.410 e. The van der Waals surface area contributed by atoms with Gasteiger partial charge in [0.2, 0.25) is 0 Å². The number of amides is 1. The average Bonchev–Trinajstić information content (AvgIpc) is 2.53. The van der Waals surface area contributed by atoms with E-state index in [9.17, 15) is 9.59 Å². The average molecular weight is 361 g/mol. The fourth-order valence-corrected chi connectivity index (χ4v) is 3.43. The lowest BCUT2D eigenvalue weighted by molar-refractivity contribution is -0.0226. The number of rotatable bonds is 2. The van der Waals surface area contributed by atoms with Gasteiger partial charge in [0, 0.05) is 32.0 Å². The second-order valence-corrected chi connectivity index (χ2v) is 7.94. The van der Waals surface area contributed by atoms with Gasteiger partial charge in [-0.3, -0.25) is 4.79 Å². The van der Waals surface area contributed by atoms with Gasteiger partial charge in [-0.2, -0.15) is 0 Å². The molecule has 2 aliphatic rings. The Kier molecular flexibility index (Phi) is 4.86. The number of nitrogens with zero attached hydrogens (tertiary/aromatic N) is 1. The van der Waals surface area contributed by atoms with Crippen LogP contribution in [0.15, 0.2) is 18.2 Å². The predicted molar refractivity (Wildman–Crippen MR) is 97.0 cm³/mol. The number of benzene rings is 1. The Morgan fingerprint density at radius 3 is 2.58 bits per heavy atom. The van der Waals surface area contributed by atoms with Crippen LogP contribution in [0.3, 0.4) is 0 Å². The van der Waals surface area contributed by atoms with Crippen LogP contribution in [-0.4, -0.2) is 47.7 Å². The SMILES string of the molecule is CCOc1ccc2c(c1)OC1(CCN(C(=O)OC(C)(C)C)CC1)CC2=O. The minimum Gasteiger partial charge on any atom is -0.494 e. The number of hydrogen-bond donors (Lipinski definition) is 0. The molecule has 0 bridgehead atoms. The third-order valence-corrected chi connectivity index (χ3v) is 4.70. The molecular formula is C20H27NO5. The van der Waals surface area contributed by atoms with E-state index in [1.165, 1.54) is 0 Å². The standard InChI is InChI=1S/C20H27NO5/c1-5-24-14-6-7-15-16(22)13-20(25-17(15)12-14)8-10-21(11-9-20)18(23)26-19(2,3)4/h6-7,12H,5,8-11,13H2,1-4H3. The Hall–Kier alpha value is -2.24. The van der Waals surface area contributed by atoms with Gasteiger partial charge in [-0.05, 0) is 39.8 Å². The van der Waals surface area contributed by atoms with Crippen LogP contribution in [0.5, 0.6) is 11.5 Å². The van der Waals surface area contributed by atoms with E-state index in [4.69, 9.17) is 14.2 Å². The molecular weight excluding hydrogens is 334 g/mol. The van der Waals surface area contributed by atoms with Crippen LogP contribution >= 0.6 is 0 Å². The maximum absolute atomic E-state index is 12.6. The van der Waals surface area contributed by atoms with E-state index >= 15 is 0 Å².